The highest BCUT2D eigenvalue weighted by atomic mass is 16.6. The standard InChI is InChI=1S/C14H28O3/c1-4-6-11(2)9-12(3)14(15)17-13-7-5-8-16-10-13/h11-15H,4-10H2,1-3H3. The molecule has 1 fully saturated rings. The van der Waals surface area contributed by atoms with Crippen molar-refractivity contribution in [1.82, 2.24) is 0 Å². The molecule has 1 aliphatic rings. The highest BCUT2D eigenvalue weighted by Crippen LogP contribution is 2.22. The number of hydrogen-bond acceptors (Lipinski definition) is 3. The van der Waals surface area contributed by atoms with Crippen LogP contribution in [0.25, 0.3) is 0 Å². The fourth-order valence-electron chi connectivity index (χ4n) is 2.51. The van der Waals surface area contributed by atoms with Gasteiger partial charge in [-0.25, -0.2) is 0 Å². The second-order valence-corrected chi connectivity index (χ2v) is 5.47. The third-order valence-corrected chi connectivity index (χ3v) is 3.49. The molecule has 1 heterocycles. The maximum atomic E-state index is 10.0. The van der Waals surface area contributed by atoms with Gasteiger partial charge in [-0.15, -0.1) is 0 Å². The molecular formula is C14H28O3. The molecule has 0 aromatic rings. The third kappa shape index (κ3) is 5.84. The molecule has 0 aromatic carbocycles. The van der Waals surface area contributed by atoms with E-state index in [9.17, 15) is 5.11 Å². The van der Waals surface area contributed by atoms with E-state index in [1.54, 1.807) is 0 Å². The van der Waals surface area contributed by atoms with Gasteiger partial charge >= 0.3 is 0 Å². The van der Waals surface area contributed by atoms with Gasteiger partial charge in [0.2, 0.25) is 0 Å². The summed E-state index contributed by atoms with van der Waals surface area (Å²) in [6.45, 7) is 7.98. The van der Waals surface area contributed by atoms with Crippen LogP contribution in [0.1, 0.15) is 52.9 Å². The zero-order valence-electron chi connectivity index (χ0n) is 11.5. The van der Waals surface area contributed by atoms with Crippen LogP contribution < -0.4 is 0 Å². The SMILES string of the molecule is CCCC(C)CC(C)C(O)OC1CCCOC1. The molecule has 4 unspecified atom stereocenters. The molecule has 1 N–H and O–H groups in total. The normalized spacial score (nSPS) is 26.5. The molecule has 0 aromatic heterocycles. The van der Waals surface area contributed by atoms with Crippen LogP contribution in [0.15, 0.2) is 0 Å². The Morgan fingerprint density at radius 2 is 2.18 bits per heavy atom. The molecule has 3 nitrogen and oxygen atoms in total. The second-order valence-electron chi connectivity index (χ2n) is 5.47. The van der Waals surface area contributed by atoms with Crippen LogP contribution in [0.3, 0.4) is 0 Å². The van der Waals surface area contributed by atoms with Crippen LogP contribution >= 0.6 is 0 Å². The Balaban J connectivity index is 2.22. The van der Waals surface area contributed by atoms with Crippen molar-refractivity contribution in [3.63, 3.8) is 0 Å². The molecule has 0 amide bonds. The van der Waals surface area contributed by atoms with E-state index in [2.05, 4.69) is 20.8 Å². The third-order valence-electron chi connectivity index (χ3n) is 3.49. The average Bonchev–Trinajstić information content (AvgIpc) is 2.30. The first-order valence-corrected chi connectivity index (χ1v) is 7.04. The summed E-state index contributed by atoms with van der Waals surface area (Å²) in [5, 5.41) is 10.0. The van der Waals surface area contributed by atoms with Gasteiger partial charge in [0.05, 0.1) is 12.7 Å². The van der Waals surface area contributed by atoms with Crippen LogP contribution in [0.5, 0.6) is 0 Å². The Kier molecular flexibility index (Phi) is 7.09. The fourth-order valence-corrected chi connectivity index (χ4v) is 2.51. The van der Waals surface area contributed by atoms with E-state index in [0.717, 1.165) is 25.9 Å². The number of hydrogen-bond donors (Lipinski definition) is 1. The number of rotatable bonds is 7. The van der Waals surface area contributed by atoms with E-state index < -0.39 is 6.29 Å². The van der Waals surface area contributed by atoms with Gasteiger partial charge in [0.25, 0.3) is 0 Å². The lowest BCUT2D eigenvalue weighted by molar-refractivity contribution is -0.188. The van der Waals surface area contributed by atoms with E-state index in [1.807, 2.05) is 0 Å². The van der Waals surface area contributed by atoms with Crippen LogP contribution in [-0.2, 0) is 9.47 Å². The Morgan fingerprint density at radius 3 is 2.76 bits per heavy atom. The molecule has 0 saturated carbocycles. The van der Waals surface area contributed by atoms with Crippen molar-refractivity contribution >= 4 is 0 Å². The highest BCUT2D eigenvalue weighted by Gasteiger charge is 2.23. The Morgan fingerprint density at radius 1 is 1.41 bits per heavy atom. The Hall–Kier alpha value is -0.120. The largest absolute Gasteiger partial charge is 0.379 e. The first-order valence-electron chi connectivity index (χ1n) is 7.04. The number of aliphatic hydroxyl groups is 1. The quantitative estimate of drug-likeness (QED) is 0.700. The van der Waals surface area contributed by atoms with Gasteiger partial charge in [0.1, 0.15) is 0 Å². The van der Waals surface area contributed by atoms with Crippen molar-refractivity contribution in [2.45, 2.75) is 65.3 Å². The van der Waals surface area contributed by atoms with Gasteiger partial charge in [-0.05, 0) is 25.2 Å². The van der Waals surface area contributed by atoms with E-state index in [-0.39, 0.29) is 12.0 Å². The van der Waals surface area contributed by atoms with Gasteiger partial charge in [-0.3, -0.25) is 0 Å². The zero-order chi connectivity index (χ0) is 12.7. The molecule has 0 radical (unpaired) electrons. The Labute approximate surface area is 105 Å². The monoisotopic (exact) mass is 244 g/mol. The molecule has 102 valence electrons. The molecule has 0 bridgehead atoms. The topological polar surface area (TPSA) is 38.7 Å². The first kappa shape index (κ1) is 14.9. The van der Waals surface area contributed by atoms with Crippen molar-refractivity contribution in [2.24, 2.45) is 11.8 Å². The fraction of sp³-hybridized carbons (Fsp3) is 1.00. The highest BCUT2D eigenvalue weighted by molar-refractivity contribution is 4.67. The van der Waals surface area contributed by atoms with Crippen molar-refractivity contribution in [3.8, 4) is 0 Å². The van der Waals surface area contributed by atoms with Gasteiger partial charge in [0.15, 0.2) is 6.29 Å². The van der Waals surface area contributed by atoms with E-state index >= 15 is 0 Å². The van der Waals surface area contributed by atoms with Crippen LogP contribution in [0.2, 0.25) is 0 Å². The summed E-state index contributed by atoms with van der Waals surface area (Å²) in [6, 6.07) is 0. The molecule has 1 aliphatic heterocycles. The summed E-state index contributed by atoms with van der Waals surface area (Å²) in [5.74, 6) is 0.870. The first-order chi connectivity index (χ1) is 8.13. The molecular weight excluding hydrogens is 216 g/mol. The van der Waals surface area contributed by atoms with Crippen LogP contribution in [0, 0.1) is 11.8 Å². The lowest BCUT2D eigenvalue weighted by Gasteiger charge is -2.28. The van der Waals surface area contributed by atoms with Crippen molar-refractivity contribution < 1.29 is 14.6 Å². The molecule has 1 rings (SSSR count). The van der Waals surface area contributed by atoms with Gasteiger partial charge in [-0.2, -0.15) is 0 Å². The maximum absolute atomic E-state index is 10.0. The van der Waals surface area contributed by atoms with E-state index in [1.165, 1.54) is 12.8 Å². The summed E-state index contributed by atoms with van der Waals surface area (Å²) in [6.07, 6.45) is 4.96. The molecule has 0 spiro atoms. The van der Waals surface area contributed by atoms with Crippen LogP contribution in [0.4, 0.5) is 0 Å². The minimum atomic E-state index is -0.638. The predicted octanol–water partition coefficient (Wildman–Crippen LogP) is 2.96. The minimum Gasteiger partial charge on any atom is -0.379 e. The van der Waals surface area contributed by atoms with Crippen LogP contribution in [-0.4, -0.2) is 30.7 Å². The molecule has 0 aliphatic carbocycles. The Bertz CT molecular complexity index is 190. The van der Waals surface area contributed by atoms with Gasteiger partial charge < -0.3 is 14.6 Å². The summed E-state index contributed by atoms with van der Waals surface area (Å²) >= 11 is 0. The summed E-state index contributed by atoms with van der Waals surface area (Å²) in [4.78, 5) is 0. The average molecular weight is 244 g/mol. The number of aliphatic hydroxyl groups excluding tert-OH is 1. The summed E-state index contributed by atoms with van der Waals surface area (Å²) in [5.41, 5.74) is 0. The lowest BCUT2D eigenvalue weighted by atomic mass is 9.93. The summed E-state index contributed by atoms with van der Waals surface area (Å²) < 4.78 is 11.0. The predicted molar refractivity (Wildman–Crippen MR) is 68.8 cm³/mol. The smallest absolute Gasteiger partial charge is 0.157 e. The van der Waals surface area contributed by atoms with Gasteiger partial charge in [0, 0.05) is 12.5 Å². The molecule has 17 heavy (non-hydrogen) atoms. The molecule has 4 atom stereocenters. The van der Waals surface area contributed by atoms with Crippen molar-refractivity contribution in [3.05, 3.63) is 0 Å². The zero-order valence-corrected chi connectivity index (χ0v) is 11.5. The minimum absolute atomic E-state index is 0.0858. The van der Waals surface area contributed by atoms with E-state index in [4.69, 9.17) is 9.47 Å². The number of ether oxygens (including phenoxy) is 2. The van der Waals surface area contributed by atoms with Crippen molar-refractivity contribution in [1.29, 1.82) is 0 Å². The summed E-state index contributed by atoms with van der Waals surface area (Å²) in [7, 11) is 0. The maximum Gasteiger partial charge on any atom is 0.157 e. The molecule has 3 heteroatoms. The van der Waals surface area contributed by atoms with Gasteiger partial charge in [-0.1, -0.05) is 33.6 Å². The van der Waals surface area contributed by atoms with Crippen molar-refractivity contribution in [2.75, 3.05) is 13.2 Å². The lowest BCUT2D eigenvalue weighted by Crippen LogP contribution is -2.33. The molecule has 1 saturated heterocycles. The second kappa shape index (κ2) is 8.06. The van der Waals surface area contributed by atoms with E-state index in [0.29, 0.717) is 12.5 Å².